The van der Waals surface area contributed by atoms with Gasteiger partial charge in [0, 0.05) is 38.6 Å². The summed E-state index contributed by atoms with van der Waals surface area (Å²) >= 11 is 0. The van der Waals surface area contributed by atoms with Crippen molar-refractivity contribution in [2.24, 2.45) is 10.4 Å². The second kappa shape index (κ2) is 7.94. The molecule has 0 radical (unpaired) electrons. The van der Waals surface area contributed by atoms with E-state index in [-0.39, 0.29) is 16.9 Å². The predicted molar refractivity (Wildman–Crippen MR) is 95.4 cm³/mol. The van der Waals surface area contributed by atoms with Crippen LogP contribution in [-0.4, -0.2) is 57.0 Å². The smallest absolute Gasteiger partial charge is 0.242 e. The highest BCUT2D eigenvalue weighted by molar-refractivity contribution is 7.89. The SMILES string of the molecule is CCNC(=NCCNS(=O)(=O)c1cccnc1)N1CCC(C)(C)C1. The molecule has 134 valence electrons. The zero-order valence-corrected chi connectivity index (χ0v) is 15.4. The molecule has 1 saturated heterocycles. The number of pyridine rings is 1. The highest BCUT2D eigenvalue weighted by Gasteiger charge is 2.30. The van der Waals surface area contributed by atoms with Crippen LogP contribution in [0.5, 0.6) is 0 Å². The van der Waals surface area contributed by atoms with E-state index in [1.807, 2.05) is 6.92 Å². The van der Waals surface area contributed by atoms with Crippen molar-refractivity contribution in [3.63, 3.8) is 0 Å². The minimum absolute atomic E-state index is 0.169. The maximum absolute atomic E-state index is 12.1. The first kappa shape index (κ1) is 18.7. The number of likely N-dealkylation sites (tertiary alicyclic amines) is 1. The van der Waals surface area contributed by atoms with Crippen LogP contribution in [-0.2, 0) is 10.0 Å². The summed E-state index contributed by atoms with van der Waals surface area (Å²) in [5.41, 5.74) is 0.290. The first-order valence-corrected chi connectivity index (χ1v) is 9.75. The summed E-state index contributed by atoms with van der Waals surface area (Å²) in [6.45, 7) is 9.89. The van der Waals surface area contributed by atoms with E-state index < -0.39 is 10.0 Å². The second-order valence-electron chi connectivity index (χ2n) is 6.66. The van der Waals surface area contributed by atoms with Crippen LogP contribution in [0, 0.1) is 5.41 Å². The molecule has 0 aliphatic carbocycles. The third-order valence-electron chi connectivity index (χ3n) is 3.92. The van der Waals surface area contributed by atoms with Gasteiger partial charge in [0.05, 0.1) is 6.54 Å². The van der Waals surface area contributed by atoms with Gasteiger partial charge in [0.2, 0.25) is 10.0 Å². The van der Waals surface area contributed by atoms with Crippen LogP contribution in [0.25, 0.3) is 0 Å². The fourth-order valence-corrected chi connectivity index (χ4v) is 3.63. The zero-order chi connectivity index (χ0) is 17.6. The number of aromatic nitrogens is 1. The predicted octanol–water partition coefficient (Wildman–Crippen LogP) is 1.06. The summed E-state index contributed by atoms with van der Waals surface area (Å²) in [4.78, 5) is 10.8. The molecule has 1 aromatic rings. The highest BCUT2D eigenvalue weighted by Crippen LogP contribution is 2.28. The number of nitrogens with one attached hydrogen (secondary N) is 2. The number of hydrogen-bond donors (Lipinski definition) is 2. The van der Waals surface area contributed by atoms with Crippen LogP contribution in [0.15, 0.2) is 34.4 Å². The van der Waals surface area contributed by atoms with E-state index in [0.29, 0.717) is 6.54 Å². The lowest BCUT2D eigenvalue weighted by atomic mass is 9.93. The number of rotatable bonds is 6. The Morgan fingerprint density at radius 3 is 2.83 bits per heavy atom. The van der Waals surface area contributed by atoms with E-state index in [1.54, 1.807) is 12.3 Å². The first-order chi connectivity index (χ1) is 11.3. The summed E-state index contributed by atoms with van der Waals surface area (Å²) in [7, 11) is -3.52. The first-order valence-electron chi connectivity index (χ1n) is 8.27. The number of nitrogens with zero attached hydrogens (tertiary/aromatic N) is 3. The Morgan fingerprint density at radius 2 is 2.25 bits per heavy atom. The standard InChI is InChI=1S/C16H27N5O2S/c1-4-18-15(21-11-7-16(2,3)13-21)19-9-10-20-24(22,23)14-6-5-8-17-12-14/h5-6,8,12,20H,4,7,9-11,13H2,1-3H3,(H,18,19). The van der Waals surface area contributed by atoms with Gasteiger partial charge in [0.1, 0.15) is 4.90 Å². The van der Waals surface area contributed by atoms with E-state index >= 15 is 0 Å². The molecular formula is C16H27N5O2S. The molecule has 0 aromatic carbocycles. The van der Waals surface area contributed by atoms with Crippen molar-refractivity contribution in [2.75, 3.05) is 32.7 Å². The van der Waals surface area contributed by atoms with Crippen LogP contribution in [0.2, 0.25) is 0 Å². The van der Waals surface area contributed by atoms with Crippen molar-refractivity contribution in [2.45, 2.75) is 32.1 Å². The van der Waals surface area contributed by atoms with Crippen molar-refractivity contribution < 1.29 is 8.42 Å². The molecule has 1 fully saturated rings. The molecule has 0 bridgehead atoms. The average molecular weight is 353 g/mol. The van der Waals surface area contributed by atoms with Crippen LogP contribution >= 0.6 is 0 Å². The molecule has 7 nitrogen and oxygen atoms in total. The molecule has 1 aromatic heterocycles. The van der Waals surface area contributed by atoms with Gasteiger partial charge in [0.25, 0.3) is 0 Å². The Labute approximate surface area is 144 Å². The third kappa shape index (κ3) is 5.17. The Balaban J connectivity index is 1.91. The molecular weight excluding hydrogens is 326 g/mol. The van der Waals surface area contributed by atoms with Gasteiger partial charge in [-0.1, -0.05) is 13.8 Å². The molecule has 0 atom stereocenters. The van der Waals surface area contributed by atoms with Crippen LogP contribution in [0.3, 0.4) is 0 Å². The summed E-state index contributed by atoms with van der Waals surface area (Å²) in [6.07, 6.45) is 4.01. The Morgan fingerprint density at radius 1 is 1.46 bits per heavy atom. The molecule has 2 heterocycles. The largest absolute Gasteiger partial charge is 0.357 e. The minimum atomic E-state index is -3.52. The topological polar surface area (TPSA) is 86.7 Å². The van der Waals surface area contributed by atoms with Crippen LogP contribution in [0.4, 0.5) is 0 Å². The van der Waals surface area contributed by atoms with Crippen molar-refractivity contribution in [3.8, 4) is 0 Å². The average Bonchev–Trinajstić information content (AvgIpc) is 2.91. The van der Waals surface area contributed by atoms with Gasteiger partial charge in [-0.2, -0.15) is 0 Å². The summed E-state index contributed by atoms with van der Waals surface area (Å²) in [6, 6.07) is 3.13. The lowest BCUT2D eigenvalue weighted by Crippen LogP contribution is -2.41. The van der Waals surface area contributed by atoms with Crippen LogP contribution in [0.1, 0.15) is 27.2 Å². The number of sulfonamides is 1. The van der Waals surface area contributed by atoms with Gasteiger partial charge in [-0.05, 0) is 30.9 Å². The quantitative estimate of drug-likeness (QED) is 0.454. The Hall–Kier alpha value is -1.67. The van der Waals surface area contributed by atoms with E-state index in [2.05, 4.69) is 38.8 Å². The molecule has 0 saturated carbocycles. The molecule has 8 heteroatoms. The Kier molecular flexibility index (Phi) is 6.17. The fourth-order valence-electron chi connectivity index (χ4n) is 2.65. The molecule has 0 unspecified atom stereocenters. The number of hydrogen-bond acceptors (Lipinski definition) is 4. The van der Waals surface area contributed by atoms with E-state index in [1.165, 1.54) is 12.3 Å². The molecule has 2 N–H and O–H groups in total. The monoisotopic (exact) mass is 353 g/mol. The lowest BCUT2D eigenvalue weighted by molar-refractivity contribution is 0.370. The molecule has 24 heavy (non-hydrogen) atoms. The van der Waals surface area contributed by atoms with Crippen molar-refractivity contribution in [1.29, 1.82) is 0 Å². The molecule has 0 amide bonds. The summed E-state index contributed by atoms with van der Waals surface area (Å²) < 4.78 is 26.8. The molecule has 0 spiro atoms. The lowest BCUT2D eigenvalue weighted by Gasteiger charge is -2.23. The van der Waals surface area contributed by atoms with E-state index in [4.69, 9.17) is 0 Å². The minimum Gasteiger partial charge on any atom is -0.357 e. The van der Waals surface area contributed by atoms with Gasteiger partial charge >= 0.3 is 0 Å². The van der Waals surface area contributed by atoms with Gasteiger partial charge in [0.15, 0.2) is 5.96 Å². The van der Waals surface area contributed by atoms with Crippen molar-refractivity contribution >= 4 is 16.0 Å². The van der Waals surface area contributed by atoms with Crippen molar-refractivity contribution in [1.82, 2.24) is 19.9 Å². The second-order valence-corrected chi connectivity index (χ2v) is 8.42. The third-order valence-corrected chi connectivity index (χ3v) is 5.37. The molecule has 1 aliphatic rings. The normalized spacial score (nSPS) is 18.0. The number of guanidine groups is 1. The molecule has 2 rings (SSSR count). The summed E-state index contributed by atoms with van der Waals surface area (Å²) in [5.74, 6) is 0.851. The van der Waals surface area contributed by atoms with Crippen molar-refractivity contribution in [3.05, 3.63) is 24.5 Å². The van der Waals surface area contributed by atoms with Crippen LogP contribution < -0.4 is 10.0 Å². The van der Waals surface area contributed by atoms with Gasteiger partial charge < -0.3 is 10.2 Å². The summed E-state index contributed by atoms with van der Waals surface area (Å²) in [5, 5.41) is 3.28. The number of aliphatic imine (C=N–C) groups is 1. The maximum atomic E-state index is 12.1. The zero-order valence-electron chi connectivity index (χ0n) is 14.6. The van der Waals surface area contributed by atoms with E-state index in [0.717, 1.165) is 32.0 Å². The highest BCUT2D eigenvalue weighted by atomic mass is 32.2. The van der Waals surface area contributed by atoms with E-state index in [9.17, 15) is 8.42 Å². The Bertz CT molecular complexity index is 658. The molecule has 1 aliphatic heterocycles. The van der Waals surface area contributed by atoms with Gasteiger partial charge in [-0.3, -0.25) is 9.98 Å². The fraction of sp³-hybridized carbons (Fsp3) is 0.625. The van der Waals surface area contributed by atoms with Gasteiger partial charge in [-0.15, -0.1) is 0 Å². The maximum Gasteiger partial charge on any atom is 0.242 e. The van der Waals surface area contributed by atoms with Gasteiger partial charge in [-0.25, -0.2) is 13.1 Å².